The monoisotopic (exact) mass is 666 g/mol. The van der Waals surface area contributed by atoms with Crippen LogP contribution in [0, 0.1) is 0 Å². The second kappa shape index (κ2) is 11.7. The van der Waals surface area contributed by atoms with E-state index < -0.39 is 0 Å². The molecule has 0 saturated carbocycles. The minimum atomic E-state index is -0.105. The van der Waals surface area contributed by atoms with E-state index in [2.05, 4.69) is 164 Å². The molecule has 246 valence electrons. The predicted molar refractivity (Wildman–Crippen MR) is 213 cm³/mol. The van der Waals surface area contributed by atoms with Crippen molar-refractivity contribution in [2.24, 2.45) is 0 Å². The van der Waals surface area contributed by atoms with E-state index in [-0.39, 0.29) is 5.41 Å². The summed E-state index contributed by atoms with van der Waals surface area (Å²) < 4.78 is 2.24. The van der Waals surface area contributed by atoms with Crippen LogP contribution in [0.4, 0.5) is 0 Å². The summed E-state index contributed by atoms with van der Waals surface area (Å²) in [6.45, 7) is 4.67. The molecule has 52 heavy (non-hydrogen) atoms. The Bertz CT molecular complexity index is 2800. The molecular formula is C48H34N4. The van der Waals surface area contributed by atoms with Gasteiger partial charge in [-0.05, 0) is 51.1 Å². The molecule has 0 saturated heterocycles. The van der Waals surface area contributed by atoms with E-state index in [4.69, 9.17) is 15.0 Å². The number of hydrogen-bond acceptors (Lipinski definition) is 3. The Labute approximate surface area is 302 Å². The quantitative estimate of drug-likeness (QED) is 0.184. The molecule has 1 aliphatic rings. The van der Waals surface area contributed by atoms with Crippen molar-refractivity contribution in [3.05, 3.63) is 181 Å². The van der Waals surface area contributed by atoms with Crippen LogP contribution in [0.25, 0.3) is 83.9 Å². The molecule has 0 aliphatic heterocycles. The van der Waals surface area contributed by atoms with E-state index >= 15 is 0 Å². The third-order valence-electron chi connectivity index (χ3n) is 10.7. The number of nitrogens with zero attached hydrogens (tertiary/aromatic N) is 4. The van der Waals surface area contributed by atoms with Crippen molar-refractivity contribution < 1.29 is 0 Å². The van der Waals surface area contributed by atoms with E-state index in [0.717, 1.165) is 44.1 Å². The normalized spacial score (nSPS) is 13.0. The summed E-state index contributed by atoms with van der Waals surface area (Å²) in [5.41, 5.74) is 13.9. The number of rotatable bonds is 5. The molecule has 2 aromatic heterocycles. The van der Waals surface area contributed by atoms with Crippen LogP contribution in [0.2, 0.25) is 0 Å². The Morgan fingerprint density at radius 2 is 0.942 bits per heavy atom. The molecule has 0 spiro atoms. The molecule has 1 aliphatic carbocycles. The zero-order chi connectivity index (χ0) is 34.8. The maximum atomic E-state index is 5.26. The molecule has 0 N–H and O–H groups in total. The lowest BCUT2D eigenvalue weighted by Gasteiger charge is -2.22. The highest BCUT2D eigenvalue weighted by molar-refractivity contribution is 6.13. The second-order valence-corrected chi connectivity index (χ2v) is 14.1. The molecule has 0 bridgehead atoms. The molecule has 0 fully saturated rings. The number of aromatic nitrogens is 4. The molecule has 7 aromatic carbocycles. The van der Waals surface area contributed by atoms with E-state index in [0.29, 0.717) is 17.6 Å². The zero-order valence-corrected chi connectivity index (χ0v) is 29.0. The van der Waals surface area contributed by atoms with Crippen molar-refractivity contribution in [3.63, 3.8) is 0 Å². The molecule has 0 unspecified atom stereocenters. The summed E-state index contributed by atoms with van der Waals surface area (Å²) in [5, 5.41) is 2.32. The minimum absolute atomic E-state index is 0.105. The van der Waals surface area contributed by atoms with Crippen molar-refractivity contribution in [1.29, 1.82) is 0 Å². The highest BCUT2D eigenvalue weighted by atomic mass is 15.2. The van der Waals surface area contributed by atoms with E-state index in [9.17, 15) is 0 Å². The summed E-state index contributed by atoms with van der Waals surface area (Å²) in [4.78, 5) is 15.5. The molecule has 0 amide bonds. The predicted octanol–water partition coefficient (Wildman–Crippen LogP) is 11.9. The molecule has 10 rings (SSSR count). The van der Waals surface area contributed by atoms with Gasteiger partial charge in [-0.15, -0.1) is 0 Å². The van der Waals surface area contributed by atoms with Gasteiger partial charge in [0.1, 0.15) is 0 Å². The van der Waals surface area contributed by atoms with E-state index in [1.807, 2.05) is 24.3 Å². The van der Waals surface area contributed by atoms with Gasteiger partial charge in [0.05, 0.1) is 11.0 Å². The second-order valence-electron chi connectivity index (χ2n) is 14.1. The van der Waals surface area contributed by atoms with Crippen LogP contribution in [-0.4, -0.2) is 19.5 Å². The van der Waals surface area contributed by atoms with E-state index in [1.165, 1.54) is 33.4 Å². The summed E-state index contributed by atoms with van der Waals surface area (Å²) in [6.07, 6.45) is 0. The first-order chi connectivity index (χ1) is 25.5. The van der Waals surface area contributed by atoms with Gasteiger partial charge in [0.2, 0.25) is 5.95 Å². The van der Waals surface area contributed by atoms with Gasteiger partial charge in [-0.25, -0.2) is 4.98 Å². The molecule has 4 nitrogen and oxygen atoms in total. The van der Waals surface area contributed by atoms with Crippen LogP contribution < -0.4 is 0 Å². The lowest BCUT2D eigenvalue weighted by atomic mass is 9.81. The van der Waals surface area contributed by atoms with Crippen LogP contribution in [0.5, 0.6) is 0 Å². The fraction of sp³-hybridized carbons (Fsp3) is 0.0625. The van der Waals surface area contributed by atoms with Crippen molar-refractivity contribution >= 4 is 21.8 Å². The fourth-order valence-corrected chi connectivity index (χ4v) is 8.08. The average molecular weight is 667 g/mol. The van der Waals surface area contributed by atoms with Gasteiger partial charge >= 0.3 is 0 Å². The van der Waals surface area contributed by atoms with Crippen molar-refractivity contribution in [1.82, 2.24) is 19.5 Å². The Morgan fingerprint density at radius 3 is 1.71 bits per heavy atom. The fourth-order valence-electron chi connectivity index (χ4n) is 8.08. The van der Waals surface area contributed by atoms with Gasteiger partial charge in [0, 0.05) is 32.9 Å². The smallest absolute Gasteiger partial charge is 0.238 e. The summed E-state index contributed by atoms with van der Waals surface area (Å²) in [7, 11) is 0. The molecule has 0 radical (unpaired) electrons. The van der Waals surface area contributed by atoms with Crippen LogP contribution in [-0.2, 0) is 5.41 Å². The largest absolute Gasteiger partial charge is 0.277 e. The van der Waals surface area contributed by atoms with Crippen molar-refractivity contribution in [2.75, 3.05) is 0 Å². The minimum Gasteiger partial charge on any atom is -0.277 e. The first-order valence-electron chi connectivity index (χ1n) is 17.8. The third-order valence-corrected chi connectivity index (χ3v) is 10.7. The van der Waals surface area contributed by atoms with Gasteiger partial charge in [-0.2, -0.15) is 9.97 Å². The number of benzene rings is 7. The van der Waals surface area contributed by atoms with Crippen LogP contribution in [0.15, 0.2) is 170 Å². The Balaban J connectivity index is 1.21. The Hall–Kier alpha value is -6.65. The highest BCUT2D eigenvalue weighted by Gasteiger charge is 2.35. The molecule has 0 atom stereocenters. The first-order valence-corrected chi connectivity index (χ1v) is 17.8. The van der Waals surface area contributed by atoms with Crippen molar-refractivity contribution in [2.45, 2.75) is 19.3 Å². The SMILES string of the molecule is CC1(C)c2ccccc2-c2ccc(-c3cccc4c5ccccc5n(-c5nc(-c6ccccc6)nc(-c6ccc(-c7ccccc7)cc6)n5)c34)cc21. The van der Waals surface area contributed by atoms with Gasteiger partial charge < -0.3 is 0 Å². The Morgan fingerprint density at radius 1 is 0.404 bits per heavy atom. The maximum absolute atomic E-state index is 5.26. The van der Waals surface area contributed by atoms with Gasteiger partial charge in [0.15, 0.2) is 11.6 Å². The molecule has 9 aromatic rings. The maximum Gasteiger partial charge on any atom is 0.238 e. The van der Waals surface area contributed by atoms with Gasteiger partial charge in [-0.3, -0.25) is 4.57 Å². The molecule has 2 heterocycles. The van der Waals surface area contributed by atoms with E-state index in [1.54, 1.807) is 0 Å². The lowest BCUT2D eigenvalue weighted by molar-refractivity contribution is 0.660. The van der Waals surface area contributed by atoms with Gasteiger partial charge in [-0.1, -0.05) is 172 Å². The van der Waals surface area contributed by atoms with Crippen molar-refractivity contribution in [3.8, 4) is 62.1 Å². The summed E-state index contributed by atoms with van der Waals surface area (Å²) in [6, 6.07) is 60.1. The van der Waals surface area contributed by atoms with Crippen LogP contribution >= 0.6 is 0 Å². The topological polar surface area (TPSA) is 43.6 Å². The standard InChI is InChI=1S/C48H34N4/c1-48(2)41-22-11-9-18-37(41)38-29-28-35(30-42(38)48)36-20-13-21-40-39-19-10-12-23-43(39)52(44(36)40)47-50-45(33-16-7-4-8-17-33)49-46(51-47)34-26-24-32(25-27-34)31-14-5-3-6-15-31/h3-30H,1-2H3. The molecular weight excluding hydrogens is 633 g/mol. The van der Waals surface area contributed by atoms with Gasteiger partial charge in [0.25, 0.3) is 0 Å². The number of hydrogen-bond donors (Lipinski definition) is 0. The lowest BCUT2D eigenvalue weighted by Crippen LogP contribution is -2.14. The first kappa shape index (κ1) is 30.2. The summed E-state index contributed by atoms with van der Waals surface area (Å²) >= 11 is 0. The van der Waals surface area contributed by atoms with Crippen LogP contribution in [0.3, 0.4) is 0 Å². The number of para-hydroxylation sites is 2. The molecule has 4 heteroatoms. The number of fused-ring (bicyclic) bond motifs is 6. The van der Waals surface area contributed by atoms with Crippen LogP contribution in [0.1, 0.15) is 25.0 Å². The zero-order valence-electron chi connectivity index (χ0n) is 29.0. The highest BCUT2D eigenvalue weighted by Crippen LogP contribution is 2.50. The Kier molecular flexibility index (Phi) is 6.80. The third kappa shape index (κ3) is 4.72. The average Bonchev–Trinajstić information content (AvgIpc) is 3.67. The summed E-state index contributed by atoms with van der Waals surface area (Å²) in [5.74, 6) is 1.85.